The maximum absolute atomic E-state index is 12.6. The molecule has 1 aliphatic heterocycles. The Hall–Kier alpha value is -2.69. The first-order valence-corrected chi connectivity index (χ1v) is 10.0. The standard InChI is InChI=1S/C23H27NO4/c1-26-19-7-2-16(3-8-19)10-11-24-23(25)15-20(17-4-5-17)18-6-9-21-22(14-18)28-13-12-27-21/h2-3,6-9,14,17,20H,4-5,10-13,15H2,1H3,(H,24,25). The lowest BCUT2D eigenvalue weighted by atomic mass is 9.90. The molecule has 2 aromatic carbocycles. The lowest BCUT2D eigenvalue weighted by molar-refractivity contribution is -0.121. The second-order valence-electron chi connectivity index (χ2n) is 7.50. The van der Waals surface area contributed by atoms with Gasteiger partial charge in [0.25, 0.3) is 0 Å². The Balaban J connectivity index is 1.32. The molecule has 1 saturated carbocycles. The summed E-state index contributed by atoms with van der Waals surface area (Å²) in [6, 6.07) is 14.1. The average Bonchev–Trinajstić information content (AvgIpc) is 3.57. The second-order valence-corrected chi connectivity index (χ2v) is 7.50. The van der Waals surface area contributed by atoms with Crippen LogP contribution in [0.4, 0.5) is 0 Å². The van der Waals surface area contributed by atoms with Gasteiger partial charge >= 0.3 is 0 Å². The van der Waals surface area contributed by atoms with Gasteiger partial charge in [0.2, 0.25) is 5.91 Å². The number of methoxy groups -OCH3 is 1. The third kappa shape index (κ3) is 4.58. The van der Waals surface area contributed by atoms with Crippen molar-refractivity contribution in [3.8, 4) is 17.2 Å². The van der Waals surface area contributed by atoms with Crippen molar-refractivity contribution in [2.24, 2.45) is 5.92 Å². The largest absolute Gasteiger partial charge is 0.497 e. The van der Waals surface area contributed by atoms with Gasteiger partial charge < -0.3 is 19.5 Å². The summed E-state index contributed by atoms with van der Waals surface area (Å²) >= 11 is 0. The zero-order valence-electron chi connectivity index (χ0n) is 16.3. The molecule has 1 fully saturated rings. The zero-order valence-corrected chi connectivity index (χ0v) is 16.3. The molecule has 5 nitrogen and oxygen atoms in total. The molecule has 148 valence electrons. The quantitative estimate of drug-likeness (QED) is 0.757. The number of fused-ring (bicyclic) bond motifs is 1. The van der Waals surface area contributed by atoms with E-state index in [1.807, 2.05) is 30.3 Å². The fourth-order valence-corrected chi connectivity index (χ4v) is 3.76. The smallest absolute Gasteiger partial charge is 0.220 e. The topological polar surface area (TPSA) is 56.8 Å². The third-order valence-electron chi connectivity index (χ3n) is 5.49. The van der Waals surface area contributed by atoms with E-state index in [0.717, 1.165) is 23.7 Å². The lowest BCUT2D eigenvalue weighted by Gasteiger charge is -2.22. The highest BCUT2D eigenvalue weighted by Crippen LogP contribution is 2.46. The summed E-state index contributed by atoms with van der Waals surface area (Å²) in [6.45, 7) is 1.81. The predicted octanol–water partition coefficient (Wildman–Crippen LogP) is 3.71. The molecule has 0 bridgehead atoms. The van der Waals surface area contributed by atoms with Gasteiger partial charge in [0, 0.05) is 13.0 Å². The minimum Gasteiger partial charge on any atom is -0.497 e. The van der Waals surface area contributed by atoms with E-state index in [0.29, 0.717) is 32.1 Å². The van der Waals surface area contributed by atoms with Crippen LogP contribution in [0.25, 0.3) is 0 Å². The highest BCUT2D eigenvalue weighted by molar-refractivity contribution is 5.77. The first kappa shape index (κ1) is 18.7. The van der Waals surface area contributed by atoms with Crippen LogP contribution in [0.3, 0.4) is 0 Å². The van der Waals surface area contributed by atoms with Crippen LogP contribution in [-0.2, 0) is 11.2 Å². The first-order chi connectivity index (χ1) is 13.7. The van der Waals surface area contributed by atoms with Crippen molar-refractivity contribution >= 4 is 5.91 Å². The first-order valence-electron chi connectivity index (χ1n) is 10.0. The van der Waals surface area contributed by atoms with Crippen LogP contribution in [0.2, 0.25) is 0 Å². The number of rotatable bonds is 8. The van der Waals surface area contributed by atoms with Crippen LogP contribution in [-0.4, -0.2) is 32.8 Å². The Morgan fingerprint density at radius 2 is 1.86 bits per heavy atom. The molecule has 28 heavy (non-hydrogen) atoms. The molecular formula is C23H27NO4. The summed E-state index contributed by atoms with van der Waals surface area (Å²) in [5.41, 5.74) is 2.36. The van der Waals surface area contributed by atoms with Crippen molar-refractivity contribution in [1.29, 1.82) is 0 Å². The van der Waals surface area contributed by atoms with E-state index < -0.39 is 0 Å². The molecule has 4 rings (SSSR count). The Labute approximate surface area is 166 Å². The molecule has 0 saturated heterocycles. The van der Waals surface area contributed by atoms with Crippen molar-refractivity contribution in [2.75, 3.05) is 26.9 Å². The summed E-state index contributed by atoms with van der Waals surface area (Å²) in [5, 5.41) is 3.08. The fraction of sp³-hybridized carbons (Fsp3) is 0.435. The molecule has 1 aliphatic carbocycles. The van der Waals surface area contributed by atoms with E-state index >= 15 is 0 Å². The lowest BCUT2D eigenvalue weighted by Crippen LogP contribution is -2.27. The molecule has 0 radical (unpaired) electrons. The van der Waals surface area contributed by atoms with E-state index in [1.54, 1.807) is 7.11 Å². The molecule has 1 unspecified atom stereocenters. The number of nitrogens with one attached hydrogen (secondary N) is 1. The molecule has 1 amide bonds. The van der Waals surface area contributed by atoms with Crippen LogP contribution in [0.1, 0.15) is 36.3 Å². The van der Waals surface area contributed by atoms with Crippen molar-refractivity contribution in [1.82, 2.24) is 5.32 Å². The van der Waals surface area contributed by atoms with Gasteiger partial charge in [-0.3, -0.25) is 4.79 Å². The average molecular weight is 381 g/mol. The number of hydrogen-bond acceptors (Lipinski definition) is 4. The van der Waals surface area contributed by atoms with E-state index in [-0.39, 0.29) is 11.8 Å². The fourth-order valence-electron chi connectivity index (χ4n) is 3.76. The Bertz CT molecular complexity index is 814. The van der Waals surface area contributed by atoms with Gasteiger partial charge in [-0.1, -0.05) is 18.2 Å². The van der Waals surface area contributed by atoms with Crippen molar-refractivity contribution in [3.05, 3.63) is 53.6 Å². The summed E-state index contributed by atoms with van der Waals surface area (Å²) in [4.78, 5) is 12.6. The van der Waals surface area contributed by atoms with Crippen LogP contribution in [0.15, 0.2) is 42.5 Å². The number of ether oxygens (including phenoxy) is 3. The van der Waals surface area contributed by atoms with Gasteiger partial charge in [-0.2, -0.15) is 0 Å². The van der Waals surface area contributed by atoms with Crippen molar-refractivity contribution < 1.29 is 19.0 Å². The number of carbonyl (C=O) groups is 1. The molecule has 0 spiro atoms. The Morgan fingerprint density at radius 1 is 1.11 bits per heavy atom. The number of benzene rings is 2. The van der Waals surface area contributed by atoms with Gasteiger partial charge in [0.05, 0.1) is 7.11 Å². The van der Waals surface area contributed by atoms with E-state index in [9.17, 15) is 4.79 Å². The highest BCUT2D eigenvalue weighted by atomic mass is 16.6. The third-order valence-corrected chi connectivity index (χ3v) is 5.49. The van der Waals surface area contributed by atoms with Crippen LogP contribution in [0.5, 0.6) is 17.2 Å². The summed E-state index contributed by atoms with van der Waals surface area (Å²) < 4.78 is 16.5. The number of carbonyl (C=O) groups excluding carboxylic acids is 1. The van der Waals surface area contributed by atoms with Gasteiger partial charge in [-0.25, -0.2) is 0 Å². The highest BCUT2D eigenvalue weighted by Gasteiger charge is 2.34. The number of amides is 1. The monoisotopic (exact) mass is 381 g/mol. The van der Waals surface area contributed by atoms with E-state index in [4.69, 9.17) is 14.2 Å². The molecule has 0 aromatic heterocycles. The molecule has 2 aromatic rings. The maximum Gasteiger partial charge on any atom is 0.220 e. The molecule has 2 aliphatic rings. The van der Waals surface area contributed by atoms with Crippen LogP contribution in [0, 0.1) is 5.92 Å². The molecule has 1 N–H and O–H groups in total. The van der Waals surface area contributed by atoms with Crippen LogP contribution >= 0.6 is 0 Å². The van der Waals surface area contributed by atoms with Gasteiger partial charge in [-0.15, -0.1) is 0 Å². The number of hydrogen-bond donors (Lipinski definition) is 1. The maximum atomic E-state index is 12.6. The summed E-state index contributed by atoms with van der Waals surface area (Å²) in [5.74, 6) is 3.40. The molecular weight excluding hydrogens is 354 g/mol. The summed E-state index contributed by atoms with van der Waals surface area (Å²) in [6.07, 6.45) is 3.72. The molecule has 1 heterocycles. The summed E-state index contributed by atoms with van der Waals surface area (Å²) in [7, 11) is 1.66. The van der Waals surface area contributed by atoms with Gasteiger partial charge in [0.15, 0.2) is 11.5 Å². The van der Waals surface area contributed by atoms with Gasteiger partial charge in [0.1, 0.15) is 19.0 Å². The second kappa shape index (κ2) is 8.55. The van der Waals surface area contributed by atoms with E-state index in [1.165, 1.54) is 24.0 Å². The Kier molecular flexibility index (Phi) is 5.70. The SMILES string of the molecule is COc1ccc(CCNC(=O)CC(c2ccc3c(c2)OCCO3)C2CC2)cc1. The predicted molar refractivity (Wildman–Crippen MR) is 107 cm³/mol. The van der Waals surface area contributed by atoms with Crippen LogP contribution < -0.4 is 19.5 Å². The van der Waals surface area contributed by atoms with Crippen molar-refractivity contribution in [3.63, 3.8) is 0 Å². The minimum absolute atomic E-state index is 0.111. The molecule has 5 heteroatoms. The molecule has 1 atom stereocenters. The van der Waals surface area contributed by atoms with Gasteiger partial charge in [-0.05, 0) is 66.5 Å². The normalized spacial score (nSPS) is 16.3. The van der Waals surface area contributed by atoms with E-state index in [2.05, 4.69) is 17.4 Å². The minimum atomic E-state index is 0.111. The zero-order chi connectivity index (χ0) is 19.3. The Morgan fingerprint density at radius 3 is 2.57 bits per heavy atom. The van der Waals surface area contributed by atoms with Crippen molar-refractivity contribution in [2.45, 2.75) is 31.6 Å².